The summed E-state index contributed by atoms with van der Waals surface area (Å²) in [6.45, 7) is 3.39. The summed E-state index contributed by atoms with van der Waals surface area (Å²) >= 11 is 0. The van der Waals surface area contributed by atoms with E-state index in [4.69, 9.17) is 4.74 Å². The highest BCUT2D eigenvalue weighted by molar-refractivity contribution is 5.93. The molecular formula is C15H21N3O3. The van der Waals surface area contributed by atoms with Gasteiger partial charge in [-0.3, -0.25) is 9.59 Å². The van der Waals surface area contributed by atoms with Gasteiger partial charge in [-0.25, -0.2) is 4.98 Å². The molecule has 0 aromatic carbocycles. The zero-order valence-electron chi connectivity index (χ0n) is 12.9. The van der Waals surface area contributed by atoms with Crippen molar-refractivity contribution in [2.24, 2.45) is 11.8 Å². The maximum absolute atomic E-state index is 11.8. The van der Waals surface area contributed by atoms with Gasteiger partial charge in [-0.15, -0.1) is 0 Å². The standard InChI is InChI=1S/C15H21N3O3/c1-10-8-18(9-12(10)15(20)21-4)13-6-5-11(7-16-13)14(19)17(2)3/h5-7,10,12H,8-9H2,1-4H3. The first-order valence-electron chi connectivity index (χ1n) is 6.94. The molecule has 6 nitrogen and oxygen atoms in total. The van der Waals surface area contributed by atoms with Crippen molar-refractivity contribution < 1.29 is 14.3 Å². The molecule has 2 unspecified atom stereocenters. The Bertz CT molecular complexity index is 527. The van der Waals surface area contributed by atoms with Crippen LogP contribution in [-0.2, 0) is 9.53 Å². The third-order valence-electron chi connectivity index (χ3n) is 3.84. The normalized spacial score (nSPS) is 21.2. The van der Waals surface area contributed by atoms with Crippen LogP contribution < -0.4 is 4.90 Å². The molecule has 0 spiro atoms. The number of amides is 1. The summed E-state index contributed by atoms with van der Waals surface area (Å²) in [5.41, 5.74) is 0.556. The molecule has 1 aliphatic rings. The van der Waals surface area contributed by atoms with Crippen LogP contribution in [0.5, 0.6) is 0 Å². The predicted octanol–water partition coefficient (Wildman–Crippen LogP) is 1.03. The van der Waals surface area contributed by atoms with Crippen LogP contribution in [0, 0.1) is 11.8 Å². The molecule has 1 amide bonds. The number of anilines is 1. The van der Waals surface area contributed by atoms with Gasteiger partial charge in [0, 0.05) is 33.4 Å². The van der Waals surface area contributed by atoms with E-state index in [0.29, 0.717) is 12.1 Å². The first-order chi connectivity index (χ1) is 9.93. The van der Waals surface area contributed by atoms with Gasteiger partial charge in [-0.1, -0.05) is 6.92 Å². The fourth-order valence-electron chi connectivity index (χ4n) is 2.57. The average Bonchev–Trinajstić information content (AvgIpc) is 2.87. The lowest BCUT2D eigenvalue weighted by Crippen LogP contribution is -2.25. The highest BCUT2D eigenvalue weighted by Gasteiger charge is 2.36. The van der Waals surface area contributed by atoms with Gasteiger partial charge in [0.25, 0.3) is 5.91 Å². The number of carbonyl (C=O) groups excluding carboxylic acids is 2. The Morgan fingerprint density at radius 2 is 2.05 bits per heavy atom. The van der Waals surface area contributed by atoms with Crippen LogP contribution in [-0.4, -0.2) is 56.1 Å². The van der Waals surface area contributed by atoms with Gasteiger partial charge < -0.3 is 14.5 Å². The zero-order chi connectivity index (χ0) is 15.6. The molecule has 0 saturated carbocycles. The van der Waals surface area contributed by atoms with E-state index < -0.39 is 0 Å². The number of rotatable bonds is 3. The number of carbonyl (C=O) groups is 2. The van der Waals surface area contributed by atoms with E-state index in [-0.39, 0.29) is 23.7 Å². The summed E-state index contributed by atoms with van der Waals surface area (Å²) in [6.07, 6.45) is 1.58. The van der Waals surface area contributed by atoms with Crippen LogP contribution >= 0.6 is 0 Å². The Balaban J connectivity index is 2.10. The van der Waals surface area contributed by atoms with Crippen LogP contribution in [0.2, 0.25) is 0 Å². The van der Waals surface area contributed by atoms with Crippen LogP contribution in [0.4, 0.5) is 5.82 Å². The summed E-state index contributed by atoms with van der Waals surface area (Å²) in [4.78, 5) is 31.4. The van der Waals surface area contributed by atoms with E-state index in [1.54, 1.807) is 26.4 Å². The van der Waals surface area contributed by atoms with E-state index in [1.807, 2.05) is 13.0 Å². The topological polar surface area (TPSA) is 62.7 Å². The summed E-state index contributed by atoms with van der Waals surface area (Å²) in [7, 11) is 4.83. The van der Waals surface area contributed by atoms with Gasteiger partial charge in [0.05, 0.1) is 18.6 Å². The highest BCUT2D eigenvalue weighted by atomic mass is 16.5. The number of aromatic nitrogens is 1. The Morgan fingerprint density at radius 3 is 2.57 bits per heavy atom. The predicted molar refractivity (Wildman–Crippen MR) is 79.1 cm³/mol. The number of esters is 1. The lowest BCUT2D eigenvalue weighted by atomic mass is 9.99. The number of hydrogen-bond donors (Lipinski definition) is 0. The van der Waals surface area contributed by atoms with Gasteiger partial charge in [0.15, 0.2) is 0 Å². The largest absolute Gasteiger partial charge is 0.469 e. The van der Waals surface area contributed by atoms with Gasteiger partial charge in [-0.05, 0) is 18.1 Å². The molecule has 1 aromatic rings. The van der Waals surface area contributed by atoms with E-state index in [9.17, 15) is 9.59 Å². The molecule has 1 aliphatic heterocycles. The maximum atomic E-state index is 11.8. The fraction of sp³-hybridized carbons (Fsp3) is 0.533. The molecule has 2 rings (SSSR count). The molecule has 1 saturated heterocycles. The lowest BCUT2D eigenvalue weighted by Gasteiger charge is -2.17. The number of nitrogens with zero attached hydrogens (tertiary/aromatic N) is 3. The summed E-state index contributed by atoms with van der Waals surface area (Å²) in [5.74, 6) is 0.631. The van der Waals surface area contributed by atoms with Gasteiger partial charge in [0.2, 0.25) is 0 Å². The fourth-order valence-corrected chi connectivity index (χ4v) is 2.57. The van der Waals surface area contributed by atoms with E-state index in [0.717, 1.165) is 12.4 Å². The molecule has 2 atom stereocenters. The minimum absolute atomic E-state index is 0.0729. The van der Waals surface area contributed by atoms with Gasteiger partial charge in [-0.2, -0.15) is 0 Å². The Morgan fingerprint density at radius 1 is 1.33 bits per heavy atom. The number of ether oxygens (including phenoxy) is 1. The van der Waals surface area contributed by atoms with Crippen LogP contribution in [0.15, 0.2) is 18.3 Å². The first-order valence-corrected chi connectivity index (χ1v) is 6.94. The van der Waals surface area contributed by atoms with Crippen molar-refractivity contribution in [3.8, 4) is 0 Å². The summed E-state index contributed by atoms with van der Waals surface area (Å²) < 4.78 is 4.83. The first kappa shape index (κ1) is 15.3. The Labute approximate surface area is 124 Å². The smallest absolute Gasteiger partial charge is 0.310 e. The second kappa shape index (κ2) is 6.11. The number of methoxy groups -OCH3 is 1. The SMILES string of the molecule is COC(=O)C1CN(c2ccc(C(=O)N(C)C)cn2)CC1C. The lowest BCUT2D eigenvalue weighted by molar-refractivity contribution is -0.145. The molecule has 0 bridgehead atoms. The second-order valence-corrected chi connectivity index (χ2v) is 5.62. The Hall–Kier alpha value is -2.11. The number of hydrogen-bond acceptors (Lipinski definition) is 5. The minimum Gasteiger partial charge on any atom is -0.469 e. The van der Waals surface area contributed by atoms with Crippen molar-refractivity contribution in [2.75, 3.05) is 39.2 Å². The van der Waals surface area contributed by atoms with Gasteiger partial charge in [0.1, 0.15) is 5.82 Å². The van der Waals surface area contributed by atoms with Crippen LogP contribution in [0.25, 0.3) is 0 Å². The second-order valence-electron chi connectivity index (χ2n) is 5.62. The van der Waals surface area contributed by atoms with E-state index in [2.05, 4.69) is 9.88 Å². The maximum Gasteiger partial charge on any atom is 0.310 e. The highest BCUT2D eigenvalue weighted by Crippen LogP contribution is 2.27. The van der Waals surface area contributed by atoms with E-state index in [1.165, 1.54) is 12.0 Å². The molecule has 21 heavy (non-hydrogen) atoms. The van der Waals surface area contributed by atoms with Gasteiger partial charge >= 0.3 is 5.97 Å². The minimum atomic E-state index is -0.176. The molecule has 1 aromatic heterocycles. The van der Waals surface area contributed by atoms with Crippen molar-refractivity contribution in [3.05, 3.63) is 23.9 Å². The third kappa shape index (κ3) is 3.15. The Kier molecular flexibility index (Phi) is 4.45. The molecule has 0 aliphatic carbocycles. The molecule has 0 N–H and O–H groups in total. The molecule has 114 valence electrons. The summed E-state index contributed by atoms with van der Waals surface area (Å²) in [6, 6.07) is 3.59. The quantitative estimate of drug-likeness (QED) is 0.778. The van der Waals surface area contributed by atoms with E-state index >= 15 is 0 Å². The molecule has 1 fully saturated rings. The average molecular weight is 291 g/mol. The van der Waals surface area contributed by atoms with Crippen molar-refractivity contribution >= 4 is 17.7 Å². The molecule has 6 heteroatoms. The summed E-state index contributed by atoms with van der Waals surface area (Å²) in [5, 5.41) is 0. The molecular weight excluding hydrogens is 270 g/mol. The zero-order valence-corrected chi connectivity index (χ0v) is 12.9. The van der Waals surface area contributed by atoms with Crippen molar-refractivity contribution in [1.82, 2.24) is 9.88 Å². The van der Waals surface area contributed by atoms with Crippen molar-refractivity contribution in [2.45, 2.75) is 6.92 Å². The van der Waals surface area contributed by atoms with Crippen molar-refractivity contribution in [3.63, 3.8) is 0 Å². The number of pyridine rings is 1. The third-order valence-corrected chi connectivity index (χ3v) is 3.84. The monoisotopic (exact) mass is 291 g/mol. The molecule has 2 heterocycles. The van der Waals surface area contributed by atoms with Crippen molar-refractivity contribution in [1.29, 1.82) is 0 Å². The van der Waals surface area contributed by atoms with Crippen LogP contribution in [0.3, 0.4) is 0 Å². The van der Waals surface area contributed by atoms with Crippen LogP contribution in [0.1, 0.15) is 17.3 Å². The molecule has 0 radical (unpaired) electrons.